The summed E-state index contributed by atoms with van der Waals surface area (Å²) in [5.74, 6) is -0.255. The first kappa shape index (κ1) is 13.1. The van der Waals surface area contributed by atoms with Crippen LogP contribution < -0.4 is 11.1 Å². The molecule has 0 saturated carbocycles. The fourth-order valence-corrected chi connectivity index (χ4v) is 1.86. The lowest BCUT2D eigenvalue weighted by molar-refractivity contribution is 0.101. The number of nitrogens with one attached hydrogen (secondary N) is 1. The third-order valence-electron chi connectivity index (χ3n) is 2.96. The molecule has 1 amide bonds. The van der Waals surface area contributed by atoms with Crippen molar-refractivity contribution >= 4 is 17.3 Å². The minimum absolute atomic E-state index is 0.255. The van der Waals surface area contributed by atoms with E-state index in [-0.39, 0.29) is 5.91 Å². The van der Waals surface area contributed by atoms with Crippen LogP contribution >= 0.6 is 0 Å². The Bertz CT molecular complexity index is 617. The van der Waals surface area contributed by atoms with Crippen LogP contribution in [0.25, 0.3) is 0 Å². The second-order valence-electron chi connectivity index (χ2n) is 4.31. The second kappa shape index (κ2) is 5.09. The number of anilines is 2. The Morgan fingerprint density at radius 3 is 2.84 bits per heavy atom. The molecule has 3 N–H and O–H groups in total. The number of aromatic nitrogens is 3. The number of amides is 1. The molecular weight excluding hydrogens is 242 g/mol. The van der Waals surface area contributed by atoms with Gasteiger partial charge < -0.3 is 11.1 Å². The topological polar surface area (TPSA) is 85.8 Å². The van der Waals surface area contributed by atoms with Crippen molar-refractivity contribution in [1.82, 2.24) is 14.8 Å². The molecule has 0 radical (unpaired) electrons. The van der Waals surface area contributed by atoms with Gasteiger partial charge in [0.15, 0.2) is 0 Å². The number of pyridine rings is 1. The van der Waals surface area contributed by atoms with E-state index in [9.17, 15) is 4.79 Å². The molecule has 0 bridgehead atoms. The minimum Gasteiger partial charge on any atom is -0.395 e. The molecule has 2 aromatic heterocycles. The summed E-state index contributed by atoms with van der Waals surface area (Å²) in [4.78, 5) is 16.3. The van der Waals surface area contributed by atoms with Crippen LogP contribution in [0.5, 0.6) is 0 Å². The highest BCUT2D eigenvalue weighted by Gasteiger charge is 2.19. The lowest BCUT2D eigenvalue weighted by atomic mass is 10.2. The molecule has 0 aliphatic carbocycles. The van der Waals surface area contributed by atoms with Gasteiger partial charge in [0.1, 0.15) is 5.69 Å². The third-order valence-corrected chi connectivity index (χ3v) is 2.96. The molecule has 0 aromatic carbocycles. The summed E-state index contributed by atoms with van der Waals surface area (Å²) in [6, 6.07) is 1.75. The standard InChI is InChI=1S/C13H17N5O/c1-4-18-12(11(14)9(3)17-18)13(19)16-10-5-6-15-7-8(10)2/h5-7H,4,14H2,1-3H3,(H,15,16,19). The molecule has 0 fully saturated rings. The van der Waals surface area contributed by atoms with Gasteiger partial charge in [0.05, 0.1) is 11.4 Å². The van der Waals surface area contributed by atoms with Crippen LogP contribution in [0.1, 0.15) is 28.7 Å². The fraction of sp³-hybridized carbons (Fsp3) is 0.308. The van der Waals surface area contributed by atoms with Gasteiger partial charge in [-0.05, 0) is 32.4 Å². The number of aryl methyl sites for hydroxylation is 3. The number of nitrogens with zero attached hydrogens (tertiary/aromatic N) is 3. The van der Waals surface area contributed by atoms with Gasteiger partial charge in [0.25, 0.3) is 5.91 Å². The SMILES string of the molecule is CCn1nc(C)c(N)c1C(=O)Nc1ccncc1C. The normalized spacial score (nSPS) is 10.5. The highest BCUT2D eigenvalue weighted by atomic mass is 16.2. The predicted octanol–water partition coefficient (Wildman–Crippen LogP) is 1.75. The highest BCUT2D eigenvalue weighted by molar-refractivity contribution is 6.07. The number of hydrogen-bond acceptors (Lipinski definition) is 4. The summed E-state index contributed by atoms with van der Waals surface area (Å²) in [5.41, 5.74) is 9.02. The quantitative estimate of drug-likeness (QED) is 0.879. The molecule has 0 spiro atoms. The second-order valence-corrected chi connectivity index (χ2v) is 4.31. The Labute approximate surface area is 111 Å². The smallest absolute Gasteiger partial charge is 0.276 e. The first-order valence-corrected chi connectivity index (χ1v) is 6.09. The van der Waals surface area contributed by atoms with Crippen molar-refractivity contribution in [3.05, 3.63) is 35.4 Å². The zero-order valence-electron chi connectivity index (χ0n) is 11.3. The zero-order chi connectivity index (χ0) is 14.0. The molecule has 0 aliphatic heterocycles. The largest absolute Gasteiger partial charge is 0.395 e. The summed E-state index contributed by atoms with van der Waals surface area (Å²) >= 11 is 0. The maximum atomic E-state index is 12.3. The lowest BCUT2D eigenvalue weighted by Gasteiger charge is -2.09. The predicted molar refractivity (Wildman–Crippen MR) is 74.0 cm³/mol. The molecule has 2 aromatic rings. The molecule has 2 heterocycles. The average Bonchev–Trinajstić information content (AvgIpc) is 2.68. The number of carbonyl (C=O) groups is 1. The molecule has 6 nitrogen and oxygen atoms in total. The Morgan fingerprint density at radius 2 is 2.21 bits per heavy atom. The molecular formula is C13H17N5O. The first-order chi connectivity index (χ1) is 9.04. The number of nitrogen functional groups attached to an aromatic ring is 1. The first-order valence-electron chi connectivity index (χ1n) is 6.09. The van der Waals surface area contributed by atoms with Crippen molar-refractivity contribution in [2.24, 2.45) is 0 Å². The number of carbonyl (C=O) groups excluding carboxylic acids is 1. The fourth-order valence-electron chi connectivity index (χ4n) is 1.86. The van der Waals surface area contributed by atoms with Gasteiger partial charge in [-0.3, -0.25) is 14.5 Å². The summed E-state index contributed by atoms with van der Waals surface area (Å²) in [6.07, 6.45) is 3.33. The number of nitrogens with two attached hydrogens (primary N) is 1. The molecule has 19 heavy (non-hydrogen) atoms. The summed E-state index contributed by atoms with van der Waals surface area (Å²) < 4.78 is 1.61. The van der Waals surface area contributed by atoms with E-state index >= 15 is 0 Å². The maximum Gasteiger partial charge on any atom is 0.276 e. The van der Waals surface area contributed by atoms with Crippen LogP contribution in [-0.2, 0) is 6.54 Å². The Morgan fingerprint density at radius 1 is 1.47 bits per heavy atom. The Hall–Kier alpha value is -2.37. The van der Waals surface area contributed by atoms with Crippen molar-refractivity contribution in [3.63, 3.8) is 0 Å². The van der Waals surface area contributed by atoms with Gasteiger partial charge in [-0.15, -0.1) is 0 Å². The molecule has 0 saturated heterocycles. The van der Waals surface area contributed by atoms with Crippen molar-refractivity contribution in [1.29, 1.82) is 0 Å². The van der Waals surface area contributed by atoms with Crippen LogP contribution in [0, 0.1) is 13.8 Å². The van der Waals surface area contributed by atoms with Gasteiger partial charge >= 0.3 is 0 Å². The van der Waals surface area contributed by atoms with Crippen LogP contribution in [0.2, 0.25) is 0 Å². The highest BCUT2D eigenvalue weighted by Crippen LogP contribution is 2.19. The van der Waals surface area contributed by atoms with Gasteiger partial charge in [0.2, 0.25) is 0 Å². The minimum atomic E-state index is -0.255. The monoisotopic (exact) mass is 259 g/mol. The molecule has 0 aliphatic rings. The van der Waals surface area contributed by atoms with E-state index in [1.807, 2.05) is 13.8 Å². The summed E-state index contributed by atoms with van der Waals surface area (Å²) in [6.45, 7) is 6.18. The van der Waals surface area contributed by atoms with Crippen molar-refractivity contribution in [2.75, 3.05) is 11.1 Å². The Balaban J connectivity index is 2.33. The van der Waals surface area contributed by atoms with E-state index in [2.05, 4.69) is 15.4 Å². The van der Waals surface area contributed by atoms with E-state index < -0.39 is 0 Å². The summed E-state index contributed by atoms with van der Waals surface area (Å²) in [5, 5.41) is 7.07. The van der Waals surface area contributed by atoms with Crippen molar-refractivity contribution < 1.29 is 4.79 Å². The van der Waals surface area contributed by atoms with Crippen molar-refractivity contribution in [3.8, 4) is 0 Å². The lowest BCUT2D eigenvalue weighted by Crippen LogP contribution is -2.19. The van der Waals surface area contributed by atoms with Crippen LogP contribution in [0.4, 0.5) is 11.4 Å². The van der Waals surface area contributed by atoms with Crippen LogP contribution in [-0.4, -0.2) is 20.7 Å². The molecule has 0 unspecified atom stereocenters. The molecule has 2 rings (SSSR count). The van der Waals surface area contributed by atoms with Crippen molar-refractivity contribution in [2.45, 2.75) is 27.3 Å². The van der Waals surface area contributed by atoms with Crippen LogP contribution in [0.15, 0.2) is 18.5 Å². The van der Waals surface area contributed by atoms with Gasteiger partial charge in [0, 0.05) is 24.6 Å². The molecule has 100 valence electrons. The van der Waals surface area contributed by atoms with E-state index in [0.29, 0.717) is 23.6 Å². The zero-order valence-corrected chi connectivity index (χ0v) is 11.3. The average molecular weight is 259 g/mol. The summed E-state index contributed by atoms with van der Waals surface area (Å²) in [7, 11) is 0. The Kier molecular flexibility index (Phi) is 3.50. The van der Waals surface area contributed by atoms with E-state index in [4.69, 9.17) is 5.73 Å². The number of hydrogen-bond donors (Lipinski definition) is 2. The molecule has 6 heteroatoms. The molecule has 0 atom stereocenters. The van der Waals surface area contributed by atoms with Crippen LogP contribution in [0.3, 0.4) is 0 Å². The third kappa shape index (κ3) is 2.42. The van der Waals surface area contributed by atoms with Gasteiger partial charge in [-0.1, -0.05) is 0 Å². The van der Waals surface area contributed by atoms with E-state index in [1.165, 1.54) is 0 Å². The number of rotatable bonds is 3. The van der Waals surface area contributed by atoms with E-state index in [1.54, 1.807) is 30.1 Å². The van der Waals surface area contributed by atoms with E-state index in [0.717, 1.165) is 11.3 Å². The maximum absolute atomic E-state index is 12.3. The van der Waals surface area contributed by atoms with Gasteiger partial charge in [-0.2, -0.15) is 5.10 Å². The van der Waals surface area contributed by atoms with Gasteiger partial charge in [-0.25, -0.2) is 0 Å².